The molecular formula is C21H28N4O2. The second-order valence-electron chi connectivity index (χ2n) is 7.02. The molecule has 0 saturated heterocycles. The maximum atomic E-state index is 12.8. The second-order valence-corrected chi connectivity index (χ2v) is 7.02. The van der Waals surface area contributed by atoms with Crippen LogP contribution in [0, 0.1) is 6.92 Å². The molecule has 1 aliphatic heterocycles. The van der Waals surface area contributed by atoms with Crippen molar-refractivity contribution in [1.29, 1.82) is 0 Å². The van der Waals surface area contributed by atoms with Crippen LogP contribution < -0.4 is 5.32 Å². The van der Waals surface area contributed by atoms with E-state index in [0.717, 1.165) is 35.7 Å². The molecule has 6 heteroatoms. The zero-order valence-corrected chi connectivity index (χ0v) is 16.4. The van der Waals surface area contributed by atoms with Crippen LogP contribution in [0.2, 0.25) is 0 Å². The lowest BCUT2D eigenvalue weighted by Gasteiger charge is -2.27. The fourth-order valence-corrected chi connectivity index (χ4v) is 3.49. The first-order valence-corrected chi connectivity index (χ1v) is 9.69. The van der Waals surface area contributed by atoms with Gasteiger partial charge in [-0.2, -0.15) is 0 Å². The molecule has 0 atom stereocenters. The van der Waals surface area contributed by atoms with Crippen LogP contribution in [0.1, 0.15) is 48.6 Å². The Morgan fingerprint density at radius 1 is 1.19 bits per heavy atom. The van der Waals surface area contributed by atoms with Crippen molar-refractivity contribution in [2.75, 3.05) is 6.54 Å². The number of amides is 2. The van der Waals surface area contributed by atoms with Gasteiger partial charge in [0.15, 0.2) is 0 Å². The van der Waals surface area contributed by atoms with Crippen molar-refractivity contribution >= 4 is 11.8 Å². The van der Waals surface area contributed by atoms with Crippen LogP contribution in [0.25, 0.3) is 0 Å². The molecule has 1 aromatic heterocycles. The van der Waals surface area contributed by atoms with Gasteiger partial charge >= 0.3 is 0 Å². The first-order chi connectivity index (χ1) is 13.0. The molecule has 144 valence electrons. The standard InChI is InChI=1S/C21H28N4O2/c1-4-20(26)22-13-19-23-17-10-11-24(14-18(17)25(19)5-2)21(27)12-16-8-6-15(3)7-9-16/h6-9H,4-5,10-14H2,1-3H3,(H,22,26). The number of aromatic nitrogens is 2. The number of benzene rings is 1. The molecule has 1 aromatic carbocycles. The number of carbonyl (C=O) groups excluding carboxylic acids is 2. The van der Waals surface area contributed by atoms with E-state index < -0.39 is 0 Å². The minimum Gasteiger partial charge on any atom is -0.349 e. The third-order valence-corrected chi connectivity index (χ3v) is 5.10. The predicted molar refractivity (Wildman–Crippen MR) is 104 cm³/mol. The lowest BCUT2D eigenvalue weighted by atomic mass is 10.1. The van der Waals surface area contributed by atoms with Crippen LogP contribution in [0.4, 0.5) is 0 Å². The molecule has 2 aromatic rings. The number of imidazole rings is 1. The highest BCUT2D eigenvalue weighted by Crippen LogP contribution is 2.21. The van der Waals surface area contributed by atoms with Gasteiger partial charge in [-0.3, -0.25) is 9.59 Å². The van der Waals surface area contributed by atoms with Gasteiger partial charge in [0, 0.05) is 25.9 Å². The Labute approximate surface area is 160 Å². The van der Waals surface area contributed by atoms with E-state index in [2.05, 4.69) is 16.8 Å². The van der Waals surface area contributed by atoms with E-state index in [0.29, 0.717) is 32.5 Å². The van der Waals surface area contributed by atoms with E-state index in [9.17, 15) is 9.59 Å². The average Bonchev–Trinajstić information content (AvgIpc) is 3.04. The third kappa shape index (κ3) is 4.38. The monoisotopic (exact) mass is 368 g/mol. The van der Waals surface area contributed by atoms with E-state index in [4.69, 9.17) is 4.98 Å². The molecule has 0 bridgehead atoms. The van der Waals surface area contributed by atoms with Gasteiger partial charge < -0.3 is 14.8 Å². The first-order valence-electron chi connectivity index (χ1n) is 9.69. The summed E-state index contributed by atoms with van der Waals surface area (Å²) >= 11 is 0. The number of carbonyl (C=O) groups is 2. The number of fused-ring (bicyclic) bond motifs is 1. The Hall–Kier alpha value is -2.63. The minimum atomic E-state index is 0.0218. The summed E-state index contributed by atoms with van der Waals surface area (Å²) in [5.41, 5.74) is 4.39. The van der Waals surface area contributed by atoms with Crippen LogP contribution >= 0.6 is 0 Å². The Bertz CT molecular complexity index is 823. The van der Waals surface area contributed by atoms with Gasteiger partial charge in [-0.05, 0) is 19.4 Å². The Balaban J connectivity index is 1.71. The molecule has 0 radical (unpaired) electrons. The van der Waals surface area contributed by atoms with Gasteiger partial charge in [0.25, 0.3) is 0 Å². The lowest BCUT2D eigenvalue weighted by Crippen LogP contribution is -2.37. The molecule has 1 N–H and O–H groups in total. The SMILES string of the molecule is CCC(=O)NCc1nc2c(n1CC)CN(C(=O)Cc1ccc(C)cc1)CC2. The largest absolute Gasteiger partial charge is 0.349 e. The highest BCUT2D eigenvalue weighted by Gasteiger charge is 2.26. The zero-order chi connectivity index (χ0) is 19.4. The van der Waals surface area contributed by atoms with Crippen molar-refractivity contribution in [2.24, 2.45) is 0 Å². The summed E-state index contributed by atoms with van der Waals surface area (Å²) in [6.07, 6.45) is 1.65. The zero-order valence-electron chi connectivity index (χ0n) is 16.4. The fraction of sp³-hybridized carbons (Fsp3) is 0.476. The molecule has 0 aliphatic carbocycles. The molecule has 0 saturated carbocycles. The number of nitrogens with zero attached hydrogens (tertiary/aromatic N) is 3. The maximum Gasteiger partial charge on any atom is 0.227 e. The van der Waals surface area contributed by atoms with Crippen molar-refractivity contribution in [3.05, 3.63) is 52.6 Å². The van der Waals surface area contributed by atoms with Crippen LogP contribution in [-0.4, -0.2) is 32.8 Å². The first kappa shape index (κ1) is 19.1. The van der Waals surface area contributed by atoms with E-state index in [1.54, 1.807) is 0 Å². The second kappa shape index (κ2) is 8.37. The fourth-order valence-electron chi connectivity index (χ4n) is 3.49. The van der Waals surface area contributed by atoms with Crippen molar-refractivity contribution in [3.8, 4) is 0 Å². The molecule has 27 heavy (non-hydrogen) atoms. The maximum absolute atomic E-state index is 12.8. The summed E-state index contributed by atoms with van der Waals surface area (Å²) in [5.74, 6) is 1.04. The summed E-state index contributed by atoms with van der Waals surface area (Å²) in [5, 5.41) is 2.90. The summed E-state index contributed by atoms with van der Waals surface area (Å²) in [6.45, 7) is 8.45. The summed E-state index contributed by atoms with van der Waals surface area (Å²) in [7, 11) is 0. The average molecular weight is 368 g/mol. The number of rotatable bonds is 6. The number of hydrogen-bond acceptors (Lipinski definition) is 3. The third-order valence-electron chi connectivity index (χ3n) is 5.10. The summed E-state index contributed by atoms with van der Waals surface area (Å²) in [6, 6.07) is 8.13. The van der Waals surface area contributed by atoms with Crippen molar-refractivity contribution in [3.63, 3.8) is 0 Å². The highest BCUT2D eigenvalue weighted by atomic mass is 16.2. The van der Waals surface area contributed by atoms with Crippen LogP contribution in [-0.2, 0) is 42.1 Å². The van der Waals surface area contributed by atoms with Crippen LogP contribution in [0.3, 0.4) is 0 Å². The van der Waals surface area contributed by atoms with Gasteiger partial charge in [-0.15, -0.1) is 0 Å². The number of nitrogens with one attached hydrogen (secondary N) is 1. The number of aryl methyl sites for hydroxylation is 1. The van der Waals surface area contributed by atoms with E-state index >= 15 is 0 Å². The van der Waals surface area contributed by atoms with Gasteiger partial charge in [0.1, 0.15) is 5.82 Å². The number of hydrogen-bond donors (Lipinski definition) is 1. The van der Waals surface area contributed by atoms with Gasteiger partial charge in [0.05, 0.1) is 30.9 Å². The van der Waals surface area contributed by atoms with Crippen molar-refractivity contribution in [1.82, 2.24) is 19.8 Å². The lowest BCUT2D eigenvalue weighted by molar-refractivity contribution is -0.131. The Morgan fingerprint density at radius 3 is 2.59 bits per heavy atom. The van der Waals surface area contributed by atoms with Crippen molar-refractivity contribution < 1.29 is 9.59 Å². The molecular weight excluding hydrogens is 340 g/mol. The van der Waals surface area contributed by atoms with Crippen molar-refractivity contribution in [2.45, 2.75) is 59.7 Å². The minimum absolute atomic E-state index is 0.0218. The smallest absolute Gasteiger partial charge is 0.227 e. The topological polar surface area (TPSA) is 67.2 Å². The molecule has 2 heterocycles. The quantitative estimate of drug-likeness (QED) is 0.851. The molecule has 6 nitrogen and oxygen atoms in total. The van der Waals surface area contributed by atoms with Gasteiger partial charge in [-0.25, -0.2) is 4.98 Å². The summed E-state index contributed by atoms with van der Waals surface area (Å²) < 4.78 is 2.14. The Morgan fingerprint density at radius 2 is 1.93 bits per heavy atom. The highest BCUT2D eigenvalue weighted by molar-refractivity contribution is 5.79. The van der Waals surface area contributed by atoms with E-state index in [1.165, 1.54) is 5.56 Å². The molecule has 0 unspecified atom stereocenters. The van der Waals surface area contributed by atoms with E-state index in [1.807, 2.05) is 43.0 Å². The van der Waals surface area contributed by atoms with Gasteiger partial charge in [0.2, 0.25) is 11.8 Å². The molecule has 1 aliphatic rings. The van der Waals surface area contributed by atoms with Gasteiger partial charge in [-0.1, -0.05) is 36.8 Å². The molecule has 2 amide bonds. The van der Waals surface area contributed by atoms with Crippen LogP contribution in [0.5, 0.6) is 0 Å². The predicted octanol–water partition coefficient (Wildman–Crippen LogP) is 2.37. The normalized spacial score (nSPS) is 13.4. The molecule has 0 spiro atoms. The van der Waals surface area contributed by atoms with Crippen LogP contribution in [0.15, 0.2) is 24.3 Å². The summed E-state index contributed by atoms with van der Waals surface area (Å²) in [4.78, 5) is 31.0. The van der Waals surface area contributed by atoms with E-state index in [-0.39, 0.29) is 11.8 Å². The molecule has 0 fully saturated rings. The Kier molecular flexibility index (Phi) is 5.94. The molecule has 3 rings (SSSR count).